The van der Waals surface area contributed by atoms with Crippen LogP contribution in [0.25, 0.3) is 0 Å². The Morgan fingerprint density at radius 1 is 1.38 bits per heavy atom. The Morgan fingerprint density at radius 3 is 2.42 bits per heavy atom. The molecule has 1 aromatic heterocycles. The molecular formula is C12H21N2O9P. The molecule has 24 heavy (non-hydrogen) atoms. The SMILES string of the molecule is CCCc1cn([C@H]2C[C@H](O)[C@@H](CO)O2)c(=O)[nH]c1=O.O=P(O)(O)O. The molecule has 1 aliphatic heterocycles. The number of aliphatic hydroxyl groups is 2. The van der Waals surface area contributed by atoms with Crippen molar-refractivity contribution in [2.75, 3.05) is 6.61 Å². The lowest BCUT2D eigenvalue weighted by Crippen LogP contribution is -2.34. The highest BCUT2D eigenvalue weighted by Crippen LogP contribution is 2.27. The lowest BCUT2D eigenvalue weighted by Gasteiger charge is -2.15. The zero-order chi connectivity index (χ0) is 18.5. The van der Waals surface area contributed by atoms with Crippen LogP contribution < -0.4 is 11.2 Å². The fourth-order valence-electron chi connectivity index (χ4n) is 2.24. The van der Waals surface area contributed by atoms with Crippen molar-refractivity contribution in [3.05, 3.63) is 32.6 Å². The van der Waals surface area contributed by atoms with Crippen LogP contribution in [0.4, 0.5) is 0 Å². The number of nitrogens with zero attached hydrogens (tertiary/aromatic N) is 1. The van der Waals surface area contributed by atoms with Crippen molar-refractivity contribution in [3.8, 4) is 0 Å². The Morgan fingerprint density at radius 2 is 1.96 bits per heavy atom. The second-order valence-electron chi connectivity index (χ2n) is 5.20. The molecule has 1 saturated heterocycles. The summed E-state index contributed by atoms with van der Waals surface area (Å²) in [4.78, 5) is 47.2. The van der Waals surface area contributed by atoms with E-state index in [0.29, 0.717) is 12.0 Å². The number of aromatic nitrogens is 2. The number of phosphoric acid groups is 1. The summed E-state index contributed by atoms with van der Waals surface area (Å²) in [6, 6.07) is 0. The highest BCUT2D eigenvalue weighted by molar-refractivity contribution is 7.45. The van der Waals surface area contributed by atoms with E-state index in [9.17, 15) is 14.7 Å². The van der Waals surface area contributed by atoms with Crippen LogP contribution in [0.5, 0.6) is 0 Å². The Balaban J connectivity index is 0.000000505. The lowest BCUT2D eigenvalue weighted by atomic mass is 10.2. The summed E-state index contributed by atoms with van der Waals surface area (Å²) in [5, 5.41) is 18.7. The number of H-pyrrole nitrogens is 1. The summed E-state index contributed by atoms with van der Waals surface area (Å²) in [7, 11) is -4.64. The van der Waals surface area contributed by atoms with E-state index >= 15 is 0 Å². The lowest BCUT2D eigenvalue weighted by molar-refractivity contribution is -0.0460. The van der Waals surface area contributed by atoms with E-state index in [1.807, 2.05) is 6.92 Å². The first-order valence-electron chi connectivity index (χ1n) is 7.13. The van der Waals surface area contributed by atoms with Gasteiger partial charge < -0.3 is 29.6 Å². The van der Waals surface area contributed by atoms with Gasteiger partial charge in [-0.2, -0.15) is 0 Å². The number of rotatable bonds is 4. The van der Waals surface area contributed by atoms with E-state index in [-0.39, 0.29) is 18.6 Å². The molecule has 0 spiro atoms. The van der Waals surface area contributed by atoms with Gasteiger partial charge in [0, 0.05) is 18.2 Å². The third-order valence-electron chi connectivity index (χ3n) is 3.26. The molecule has 3 atom stereocenters. The van der Waals surface area contributed by atoms with Crippen LogP contribution in [-0.2, 0) is 15.7 Å². The van der Waals surface area contributed by atoms with Gasteiger partial charge >= 0.3 is 13.5 Å². The first-order valence-corrected chi connectivity index (χ1v) is 8.70. The highest BCUT2D eigenvalue weighted by atomic mass is 31.2. The van der Waals surface area contributed by atoms with Crippen LogP contribution in [0, 0.1) is 0 Å². The van der Waals surface area contributed by atoms with Gasteiger partial charge in [0.2, 0.25) is 0 Å². The molecule has 12 heteroatoms. The Hall–Kier alpha value is -1.33. The summed E-state index contributed by atoms with van der Waals surface area (Å²) >= 11 is 0. The smallest absolute Gasteiger partial charge is 0.394 e. The molecule has 0 aliphatic carbocycles. The Kier molecular flexibility index (Phi) is 7.49. The third kappa shape index (κ3) is 6.29. The first kappa shape index (κ1) is 20.7. The van der Waals surface area contributed by atoms with Crippen molar-refractivity contribution in [1.29, 1.82) is 0 Å². The quantitative estimate of drug-likeness (QED) is 0.334. The minimum absolute atomic E-state index is 0.211. The molecule has 11 nitrogen and oxygen atoms in total. The third-order valence-corrected chi connectivity index (χ3v) is 3.26. The molecule has 6 N–H and O–H groups in total. The summed E-state index contributed by atoms with van der Waals surface area (Å²) in [5.74, 6) is 0. The highest BCUT2D eigenvalue weighted by Gasteiger charge is 2.35. The molecular weight excluding hydrogens is 347 g/mol. The maximum Gasteiger partial charge on any atom is 0.466 e. The summed E-state index contributed by atoms with van der Waals surface area (Å²) in [6.45, 7) is 1.63. The van der Waals surface area contributed by atoms with Crippen molar-refractivity contribution in [2.24, 2.45) is 0 Å². The van der Waals surface area contributed by atoms with Gasteiger partial charge in [-0.3, -0.25) is 14.3 Å². The summed E-state index contributed by atoms with van der Waals surface area (Å²) < 4.78 is 15.6. The molecule has 1 aliphatic rings. The Bertz CT molecular complexity index is 686. The zero-order valence-corrected chi connectivity index (χ0v) is 13.8. The first-order chi connectivity index (χ1) is 11.1. The number of hydrogen-bond donors (Lipinski definition) is 6. The monoisotopic (exact) mass is 368 g/mol. The number of nitrogens with one attached hydrogen (secondary N) is 1. The van der Waals surface area contributed by atoms with E-state index in [0.717, 1.165) is 6.42 Å². The predicted octanol–water partition coefficient (Wildman–Crippen LogP) is -1.80. The Labute approximate surface area is 136 Å². The van der Waals surface area contributed by atoms with Crippen molar-refractivity contribution >= 4 is 7.82 Å². The molecule has 0 amide bonds. The maximum atomic E-state index is 11.8. The number of hydrogen-bond acceptors (Lipinski definition) is 6. The second-order valence-corrected chi connectivity index (χ2v) is 6.23. The summed E-state index contributed by atoms with van der Waals surface area (Å²) in [5.41, 5.74) is -0.450. The van der Waals surface area contributed by atoms with E-state index in [1.54, 1.807) is 0 Å². The summed E-state index contributed by atoms with van der Waals surface area (Å²) in [6.07, 6.45) is 0.863. The van der Waals surface area contributed by atoms with E-state index < -0.39 is 31.9 Å². The van der Waals surface area contributed by atoms with Crippen molar-refractivity contribution in [2.45, 2.75) is 44.6 Å². The van der Waals surface area contributed by atoms with Crippen LogP contribution in [0.2, 0.25) is 0 Å². The van der Waals surface area contributed by atoms with E-state index in [2.05, 4.69) is 4.98 Å². The zero-order valence-electron chi connectivity index (χ0n) is 12.9. The predicted molar refractivity (Wildman–Crippen MR) is 81.2 cm³/mol. The number of aryl methyl sites for hydroxylation is 1. The van der Waals surface area contributed by atoms with Gasteiger partial charge in [0.25, 0.3) is 5.56 Å². The van der Waals surface area contributed by atoms with Gasteiger partial charge in [0.05, 0.1) is 12.7 Å². The molecule has 0 saturated carbocycles. The number of aliphatic hydroxyl groups excluding tert-OH is 2. The van der Waals surface area contributed by atoms with Crippen LogP contribution in [0.15, 0.2) is 15.8 Å². The van der Waals surface area contributed by atoms with Gasteiger partial charge in [-0.05, 0) is 6.42 Å². The number of aromatic amines is 1. The minimum Gasteiger partial charge on any atom is -0.394 e. The molecule has 138 valence electrons. The van der Waals surface area contributed by atoms with Crippen molar-refractivity contribution in [1.82, 2.24) is 9.55 Å². The second kappa shape index (κ2) is 8.67. The van der Waals surface area contributed by atoms with E-state index in [1.165, 1.54) is 10.8 Å². The molecule has 1 fully saturated rings. The van der Waals surface area contributed by atoms with Crippen LogP contribution >= 0.6 is 7.82 Å². The molecule has 0 aromatic carbocycles. The molecule has 0 unspecified atom stereocenters. The maximum absolute atomic E-state index is 11.8. The van der Waals surface area contributed by atoms with Crippen LogP contribution in [0.1, 0.15) is 31.6 Å². The fourth-order valence-corrected chi connectivity index (χ4v) is 2.24. The van der Waals surface area contributed by atoms with Gasteiger partial charge in [-0.25, -0.2) is 9.36 Å². The minimum atomic E-state index is -4.64. The van der Waals surface area contributed by atoms with Crippen molar-refractivity contribution in [3.63, 3.8) is 0 Å². The molecule has 1 aromatic rings. The van der Waals surface area contributed by atoms with E-state index in [4.69, 9.17) is 29.1 Å². The van der Waals surface area contributed by atoms with Crippen molar-refractivity contribution < 1.29 is 34.2 Å². The van der Waals surface area contributed by atoms with Gasteiger partial charge in [-0.15, -0.1) is 0 Å². The molecule has 2 heterocycles. The molecule has 0 radical (unpaired) electrons. The van der Waals surface area contributed by atoms with Crippen LogP contribution in [0.3, 0.4) is 0 Å². The normalized spacial score (nSPS) is 23.7. The van der Waals surface area contributed by atoms with Crippen LogP contribution in [-0.4, -0.2) is 53.3 Å². The molecule has 0 bridgehead atoms. The standard InChI is InChI=1S/C12H18N2O5.H3O4P/c1-2-3-7-5-14(12(18)13-11(7)17)10-4-8(16)9(6-15)19-10;1-5(2,3)4/h5,8-10,15-16H,2-4,6H2,1H3,(H,13,17,18);(H3,1,2,3,4)/t8-,9+,10+;/m0./s1. The molecule has 2 rings (SSSR count). The number of ether oxygens (including phenoxy) is 1. The fraction of sp³-hybridized carbons (Fsp3) is 0.667. The largest absolute Gasteiger partial charge is 0.466 e. The van der Waals surface area contributed by atoms with Gasteiger partial charge in [0.1, 0.15) is 12.3 Å². The topological polar surface area (TPSA) is 182 Å². The average molecular weight is 368 g/mol. The average Bonchev–Trinajstić information content (AvgIpc) is 2.81. The van der Waals surface area contributed by atoms with Gasteiger partial charge in [0.15, 0.2) is 0 Å². The van der Waals surface area contributed by atoms with Gasteiger partial charge in [-0.1, -0.05) is 13.3 Å².